The van der Waals surface area contributed by atoms with Gasteiger partial charge in [-0.2, -0.15) is 0 Å². The number of hydrogen-bond acceptors (Lipinski definition) is 2. The minimum Gasteiger partial charge on any atom is -0.310 e. The zero-order chi connectivity index (χ0) is 12.3. The van der Waals surface area contributed by atoms with E-state index < -0.39 is 0 Å². The minimum absolute atomic E-state index is 0.257. The smallest absolute Gasteiger partial charge is 0.163 e. The first-order chi connectivity index (χ1) is 8.26. The molecule has 0 radical (unpaired) electrons. The number of aromatic nitrogens is 3. The van der Waals surface area contributed by atoms with Gasteiger partial charge in [0.05, 0.1) is 5.88 Å². The van der Waals surface area contributed by atoms with Crippen LogP contribution in [0.5, 0.6) is 0 Å². The average molecular weight is 254 g/mol. The third kappa shape index (κ3) is 2.47. The molecular weight excluding hydrogens is 241 g/mol. The van der Waals surface area contributed by atoms with Crippen molar-refractivity contribution in [3.63, 3.8) is 0 Å². The first kappa shape index (κ1) is 12.0. The molecule has 1 aromatic heterocycles. The molecule has 17 heavy (non-hydrogen) atoms. The van der Waals surface area contributed by atoms with Crippen LogP contribution in [-0.4, -0.2) is 14.8 Å². The molecular formula is C12H13ClFN3. The third-order valence-corrected chi connectivity index (χ3v) is 2.74. The lowest BCUT2D eigenvalue weighted by molar-refractivity contribution is 0.627. The molecule has 0 aliphatic carbocycles. The number of halogens is 2. The predicted octanol–water partition coefficient (Wildman–Crippen LogP) is 3.23. The predicted molar refractivity (Wildman–Crippen MR) is 65.3 cm³/mol. The van der Waals surface area contributed by atoms with Crippen molar-refractivity contribution in [3.8, 4) is 11.4 Å². The zero-order valence-electron chi connectivity index (χ0n) is 9.53. The Morgan fingerprint density at radius 3 is 2.53 bits per heavy atom. The Hall–Kier alpha value is -1.42. The quantitative estimate of drug-likeness (QED) is 0.784. The molecule has 0 aliphatic heterocycles. The summed E-state index contributed by atoms with van der Waals surface area (Å²) in [6, 6.07) is 6.23. The molecule has 0 saturated carbocycles. The first-order valence-corrected chi connectivity index (χ1v) is 6.03. The maximum Gasteiger partial charge on any atom is 0.163 e. The van der Waals surface area contributed by atoms with Gasteiger partial charge in [-0.15, -0.1) is 21.8 Å². The molecule has 1 heterocycles. The van der Waals surface area contributed by atoms with E-state index in [0.29, 0.717) is 5.88 Å². The summed E-state index contributed by atoms with van der Waals surface area (Å²) in [4.78, 5) is 0. The minimum atomic E-state index is -0.257. The lowest BCUT2D eigenvalue weighted by Crippen LogP contribution is -2.03. The Labute approximate surface area is 104 Å². The van der Waals surface area contributed by atoms with Gasteiger partial charge in [-0.1, -0.05) is 6.92 Å². The maximum atomic E-state index is 12.9. The van der Waals surface area contributed by atoms with Gasteiger partial charge in [0, 0.05) is 12.1 Å². The van der Waals surface area contributed by atoms with Gasteiger partial charge in [0.15, 0.2) is 5.82 Å². The Morgan fingerprint density at radius 1 is 1.24 bits per heavy atom. The van der Waals surface area contributed by atoms with Crippen LogP contribution in [0.2, 0.25) is 0 Å². The number of nitrogens with zero attached hydrogens (tertiary/aromatic N) is 3. The van der Waals surface area contributed by atoms with Crippen molar-refractivity contribution in [1.82, 2.24) is 14.8 Å². The van der Waals surface area contributed by atoms with E-state index >= 15 is 0 Å². The highest BCUT2D eigenvalue weighted by Gasteiger charge is 2.12. The molecule has 1 aromatic carbocycles. The molecule has 0 saturated heterocycles. The normalized spacial score (nSPS) is 10.8. The number of rotatable bonds is 4. The summed E-state index contributed by atoms with van der Waals surface area (Å²) in [7, 11) is 0. The Bertz CT molecular complexity index is 493. The zero-order valence-corrected chi connectivity index (χ0v) is 10.3. The van der Waals surface area contributed by atoms with Crippen LogP contribution in [0.4, 0.5) is 4.39 Å². The van der Waals surface area contributed by atoms with Crippen LogP contribution < -0.4 is 0 Å². The molecule has 0 unspecified atom stereocenters. The molecule has 0 spiro atoms. The SMILES string of the molecule is CCCn1c(CCl)nnc1-c1ccc(F)cc1. The highest BCUT2D eigenvalue weighted by atomic mass is 35.5. The van der Waals surface area contributed by atoms with Crippen LogP contribution in [0.15, 0.2) is 24.3 Å². The molecule has 2 rings (SSSR count). The summed E-state index contributed by atoms with van der Waals surface area (Å²) in [6.45, 7) is 2.88. The molecule has 3 nitrogen and oxygen atoms in total. The van der Waals surface area contributed by atoms with Crippen molar-refractivity contribution < 1.29 is 4.39 Å². The number of benzene rings is 1. The van der Waals surface area contributed by atoms with Crippen LogP contribution >= 0.6 is 11.6 Å². The van der Waals surface area contributed by atoms with Gasteiger partial charge >= 0.3 is 0 Å². The van der Waals surface area contributed by atoms with Gasteiger partial charge in [-0.3, -0.25) is 0 Å². The van der Waals surface area contributed by atoms with E-state index in [1.165, 1.54) is 12.1 Å². The van der Waals surface area contributed by atoms with E-state index in [1.54, 1.807) is 12.1 Å². The third-order valence-electron chi connectivity index (χ3n) is 2.50. The Kier molecular flexibility index (Phi) is 3.74. The summed E-state index contributed by atoms with van der Waals surface area (Å²) >= 11 is 5.81. The van der Waals surface area contributed by atoms with Gasteiger partial charge in [0.1, 0.15) is 11.6 Å². The monoisotopic (exact) mass is 253 g/mol. The van der Waals surface area contributed by atoms with Crippen molar-refractivity contribution in [3.05, 3.63) is 35.9 Å². The second-order valence-corrected chi connectivity index (χ2v) is 4.00. The largest absolute Gasteiger partial charge is 0.310 e. The molecule has 0 amide bonds. The second-order valence-electron chi connectivity index (χ2n) is 3.73. The molecule has 5 heteroatoms. The van der Waals surface area contributed by atoms with Crippen molar-refractivity contribution in [2.45, 2.75) is 25.8 Å². The highest BCUT2D eigenvalue weighted by molar-refractivity contribution is 6.16. The van der Waals surface area contributed by atoms with Gasteiger partial charge in [-0.25, -0.2) is 4.39 Å². The van der Waals surface area contributed by atoms with E-state index in [4.69, 9.17) is 11.6 Å². The van der Waals surface area contributed by atoms with Gasteiger partial charge in [0.2, 0.25) is 0 Å². The van der Waals surface area contributed by atoms with Crippen LogP contribution in [0.1, 0.15) is 19.2 Å². The van der Waals surface area contributed by atoms with Gasteiger partial charge < -0.3 is 4.57 Å². The Balaban J connectivity index is 2.43. The van der Waals surface area contributed by atoms with Crippen LogP contribution in [0.3, 0.4) is 0 Å². The molecule has 0 fully saturated rings. The maximum absolute atomic E-state index is 12.9. The van der Waals surface area contributed by atoms with Gasteiger partial charge in [-0.05, 0) is 30.7 Å². The molecule has 90 valence electrons. The summed E-state index contributed by atoms with van der Waals surface area (Å²) < 4.78 is 14.8. The first-order valence-electron chi connectivity index (χ1n) is 5.50. The van der Waals surface area contributed by atoms with Gasteiger partial charge in [0.25, 0.3) is 0 Å². The topological polar surface area (TPSA) is 30.7 Å². The van der Waals surface area contributed by atoms with Crippen LogP contribution in [-0.2, 0) is 12.4 Å². The van der Waals surface area contributed by atoms with E-state index in [1.807, 2.05) is 4.57 Å². The summed E-state index contributed by atoms with van der Waals surface area (Å²) in [6.07, 6.45) is 0.968. The summed E-state index contributed by atoms with van der Waals surface area (Å²) in [5, 5.41) is 8.15. The van der Waals surface area contributed by atoms with Crippen molar-refractivity contribution in [2.75, 3.05) is 0 Å². The second kappa shape index (κ2) is 5.27. The lowest BCUT2D eigenvalue weighted by Gasteiger charge is -2.07. The fraction of sp³-hybridized carbons (Fsp3) is 0.333. The van der Waals surface area contributed by atoms with Crippen molar-refractivity contribution in [2.24, 2.45) is 0 Å². The highest BCUT2D eigenvalue weighted by Crippen LogP contribution is 2.19. The summed E-state index contributed by atoms with van der Waals surface area (Å²) in [5.74, 6) is 1.55. The van der Waals surface area contributed by atoms with E-state index in [0.717, 1.165) is 30.2 Å². The standard InChI is InChI=1S/C12H13ClFN3/c1-2-7-17-11(8-13)15-16-12(17)9-3-5-10(14)6-4-9/h3-6H,2,7-8H2,1H3. The van der Waals surface area contributed by atoms with Crippen LogP contribution in [0.25, 0.3) is 11.4 Å². The average Bonchev–Trinajstić information content (AvgIpc) is 2.74. The molecule has 0 N–H and O–H groups in total. The Morgan fingerprint density at radius 2 is 1.94 bits per heavy atom. The van der Waals surface area contributed by atoms with E-state index in [-0.39, 0.29) is 5.82 Å². The van der Waals surface area contributed by atoms with Crippen LogP contribution in [0, 0.1) is 5.82 Å². The fourth-order valence-corrected chi connectivity index (χ4v) is 1.90. The number of alkyl halides is 1. The summed E-state index contributed by atoms with van der Waals surface area (Å²) in [5.41, 5.74) is 0.851. The van der Waals surface area contributed by atoms with E-state index in [2.05, 4.69) is 17.1 Å². The van der Waals surface area contributed by atoms with Crippen molar-refractivity contribution in [1.29, 1.82) is 0 Å². The molecule has 0 atom stereocenters. The fourth-order valence-electron chi connectivity index (χ4n) is 1.71. The lowest BCUT2D eigenvalue weighted by atomic mass is 10.2. The molecule has 0 aliphatic rings. The number of hydrogen-bond donors (Lipinski definition) is 0. The molecule has 0 bridgehead atoms. The molecule has 2 aromatic rings. The van der Waals surface area contributed by atoms with Crippen molar-refractivity contribution >= 4 is 11.6 Å². The van der Waals surface area contributed by atoms with E-state index in [9.17, 15) is 4.39 Å².